The third-order valence-corrected chi connectivity index (χ3v) is 4.06. The minimum absolute atomic E-state index is 0.293. The molecule has 23 heavy (non-hydrogen) atoms. The molecule has 118 valence electrons. The molecule has 0 saturated heterocycles. The summed E-state index contributed by atoms with van der Waals surface area (Å²) in [5.41, 5.74) is 3.11. The molecule has 1 amide bonds. The van der Waals surface area contributed by atoms with Gasteiger partial charge in [0.1, 0.15) is 0 Å². The number of hydrogen-bond donors (Lipinski definition) is 1. The third-order valence-electron chi connectivity index (χ3n) is 3.50. The van der Waals surface area contributed by atoms with Gasteiger partial charge in [-0.25, -0.2) is 13.1 Å². The first-order valence-electron chi connectivity index (χ1n) is 6.87. The second-order valence-corrected chi connectivity index (χ2v) is 7.08. The first-order chi connectivity index (χ1) is 10.8. The number of aryl methyl sites for hydroxylation is 1. The molecule has 0 saturated carbocycles. The number of nitrogens with one attached hydrogen (secondary N) is 1. The Hall–Kier alpha value is -2.67. The summed E-state index contributed by atoms with van der Waals surface area (Å²) in [6, 6.07) is 8.93. The van der Waals surface area contributed by atoms with Gasteiger partial charge in [0.15, 0.2) is 0 Å². The number of amides is 1. The molecule has 0 aliphatic carbocycles. The van der Waals surface area contributed by atoms with Gasteiger partial charge in [-0.05, 0) is 18.2 Å². The highest BCUT2D eigenvalue weighted by Gasteiger charge is 2.14. The van der Waals surface area contributed by atoms with Gasteiger partial charge in [-0.2, -0.15) is 0 Å². The Morgan fingerprint density at radius 2 is 2.04 bits per heavy atom. The Labute approximate surface area is 133 Å². The van der Waals surface area contributed by atoms with Crippen LogP contribution in [0.2, 0.25) is 0 Å². The molecule has 1 N–H and O–H groups in total. The van der Waals surface area contributed by atoms with E-state index in [0.29, 0.717) is 5.56 Å². The van der Waals surface area contributed by atoms with Crippen molar-refractivity contribution in [1.82, 2.24) is 14.3 Å². The van der Waals surface area contributed by atoms with Gasteiger partial charge in [0.05, 0.1) is 6.26 Å². The van der Waals surface area contributed by atoms with Crippen LogP contribution in [0.3, 0.4) is 0 Å². The van der Waals surface area contributed by atoms with E-state index in [-0.39, 0.29) is 0 Å². The topological polar surface area (TPSA) is 81.1 Å². The Balaban J connectivity index is 2.09. The Morgan fingerprint density at radius 3 is 2.70 bits per heavy atom. The minimum Gasteiger partial charge on any atom is -0.350 e. The molecule has 0 fully saturated rings. The average molecular weight is 329 g/mol. The highest BCUT2D eigenvalue weighted by atomic mass is 32.2. The van der Waals surface area contributed by atoms with Gasteiger partial charge in [-0.15, -0.1) is 0 Å². The van der Waals surface area contributed by atoms with Crippen molar-refractivity contribution in [3.8, 4) is 11.1 Å². The standard InChI is InChI=1S/C16H15N3O3S/c1-19-10-14(12-4-3-7-17-9-12)13-6-5-11(8-15(13)19)16(20)18-23(2,21)22/h3-10H,1-2H3,(H,18,20). The van der Waals surface area contributed by atoms with Gasteiger partial charge in [0, 0.05) is 53.2 Å². The summed E-state index contributed by atoms with van der Waals surface area (Å²) >= 11 is 0. The summed E-state index contributed by atoms with van der Waals surface area (Å²) in [7, 11) is -1.71. The minimum atomic E-state index is -3.59. The van der Waals surface area contributed by atoms with Crippen LogP contribution in [0.25, 0.3) is 22.0 Å². The van der Waals surface area contributed by atoms with Crippen molar-refractivity contribution in [3.05, 3.63) is 54.5 Å². The van der Waals surface area contributed by atoms with Crippen LogP contribution in [-0.2, 0) is 17.1 Å². The monoisotopic (exact) mass is 329 g/mol. The van der Waals surface area contributed by atoms with Crippen molar-refractivity contribution >= 4 is 26.8 Å². The van der Waals surface area contributed by atoms with Gasteiger partial charge < -0.3 is 4.57 Å². The number of carbonyl (C=O) groups excluding carboxylic acids is 1. The van der Waals surface area contributed by atoms with Crippen LogP contribution in [0.1, 0.15) is 10.4 Å². The fourth-order valence-electron chi connectivity index (χ4n) is 2.50. The normalized spacial score (nSPS) is 11.6. The fourth-order valence-corrected chi connectivity index (χ4v) is 2.96. The number of benzene rings is 1. The summed E-state index contributed by atoms with van der Waals surface area (Å²) in [6.07, 6.45) is 6.40. The number of rotatable bonds is 3. The van der Waals surface area contributed by atoms with Gasteiger partial charge in [-0.3, -0.25) is 9.78 Å². The lowest BCUT2D eigenvalue weighted by molar-refractivity contribution is 0.0982. The largest absolute Gasteiger partial charge is 0.350 e. The molecule has 6 nitrogen and oxygen atoms in total. The lowest BCUT2D eigenvalue weighted by Gasteiger charge is -2.04. The Kier molecular flexibility index (Phi) is 3.65. The first kappa shape index (κ1) is 15.2. The molecule has 7 heteroatoms. The quantitative estimate of drug-likeness (QED) is 0.796. The van der Waals surface area contributed by atoms with Gasteiger partial charge in [0.2, 0.25) is 10.0 Å². The zero-order valence-electron chi connectivity index (χ0n) is 12.6. The summed E-state index contributed by atoms with van der Waals surface area (Å²) in [6.45, 7) is 0. The summed E-state index contributed by atoms with van der Waals surface area (Å²) in [5.74, 6) is -0.640. The van der Waals surface area contributed by atoms with Crippen LogP contribution in [-0.4, -0.2) is 30.1 Å². The van der Waals surface area contributed by atoms with E-state index in [4.69, 9.17) is 0 Å². The van der Waals surface area contributed by atoms with Crippen molar-refractivity contribution in [3.63, 3.8) is 0 Å². The van der Waals surface area contributed by atoms with Crippen LogP contribution >= 0.6 is 0 Å². The van der Waals surface area contributed by atoms with E-state index in [1.54, 1.807) is 24.5 Å². The van der Waals surface area contributed by atoms with Crippen LogP contribution in [0, 0.1) is 0 Å². The number of carbonyl (C=O) groups is 1. The van der Waals surface area contributed by atoms with E-state index >= 15 is 0 Å². The van der Waals surface area contributed by atoms with Crippen LogP contribution in [0.5, 0.6) is 0 Å². The number of aromatic nitrogens is 2. The van der Waals surface area contributed by atoms with Gasteiger partial charge >= 0.3 is 0 Å². The Bertz CT molecular complexity index is 992. The van der Waals surface area contributed by atoms with Crippen molar-refractivity contribution in [1.29, 1.82) is 0 Å². The lowest BCUT2D eigenvalue weighted by atomic mass is 10.1. The molecule has 0 aliphatic heterocycles. The molecule has 0 unspecified atom stereocenters. The van der Waals surface area contributed by atoms with E-state index in [1.807, 2.05) is 40.7 Å². The van der Waals surface area contributed by atoms with Crippen LogP contribution in [0.4, 0.5) is 0 Å². The predicted molar refractivity (Wildman–Crippen MR) is 88.5 cm³/mol. The zero-order valence-corrected chi connectivity index (χ0v) is 13.5. The Morgan fingerprint density at radius 1 is 1.26 bits per heavy atom. The molecule has 2 aromatic heterocycles. The summed E-state index contributed by atoms with van der Waals surface area (Å²) < 4.78 is 26.3. The molecule has 3 rings (SSSR count). The number of pyridine rings is 1. The molecule has 0 atom stereocenters. The second-order valence-electron chi connectivity index (χ2n) is 5.33. The highest BCUT2D eigenvalue weighted by Crippen LogP contribution is 2.30. The van der Waals surface area contributed by atoms with E-state index in [0.717, 1.165) is 28.3 Å². The van der Waals surface area contributed by atoms with Crippen molar-refractivity contribution in [2.75, 3.05) is 6.26 Å². The smallest absolute Gasteiger partial charge is 0.264 e. The van der Waals surface area contributed by atoms with Crippen LogP contribution in [0.15, 0.2) is 48.9 Å². The first-order valence-corrected chi connectivity index (χ1v) is 8.76. The fraction of sp³-hybridized carbons (Fsp3) is 0.125. The van der Waals surface area contributed by atoms with Crippen molar-refractivity contribution in [2.45, 2.75) is 0 Å². The summed E-state index contributed by atoms with van der Waals surface area (Å²) in [5, 5.41) is 0.969. The molecule has 0 aliphatic rings. The molecule has 0 spiro atoms. The maximum Gasteiger partial charge on any atom is 0.264 e. The van der Waals surface area contributed by atoms with Gasteiger partial charge in [-0.1, -0.05) is 12.1 Å². The van der Waals surface area contributed by atoms with Crippen molar-refractivity contribution < 1.29 is 13.2 Å². The SMILES string of the molecule is Cn1cc(-c2cccnc2)c2ccc(C(=O)NS(C)(=O)=O)cc21. The average Bonchev–Trinajstić information content (AvgIpc) is 2.83. The number of nitrogens with zero attached hydrogens (tertiary/aromatic N) is 2. The number of sulfonamides is 1. The maximum absolute atomic E-state index is 12.0. The lowest BCUT2D eigenvalue weighted by Crippen LogP contribution is -2.29. The van der Waals surface area contributed by atoms with E-state index < -0.39 is 15.9 Å². The zero-order chi connectivity index (χ0) is 16.6. The molecular weight excluding hydrogens is 314 g/mol. The summed E-state index contributed by atoms with van der Waals surface area (Å²) in [4.78, 5) is 16.1. The maximum atomic E-state index is 12.0. The number of hydrogen-bond acceptors (Lipinski definition) is 4. The molecule has 3 aromatic rings. The molecular formula is C16H15N3O3S. The highest BCUT2D eigenvalue weighted by molar-refractivity contribution is 7.89. The number of fused-ring (bicyclic) bond motifs is 1. The van der Waals surface area contributed by atoms with E-state index in [9.17, 15) is 13.2 Å². The second kappa shape index (κ2) is 5.51. The molecule has 2 heterocycles. The van der Waals surface area contributed by atoms with E-state index in [2.05, 4.69) is 4.98 Å². The van der Waals surface area contributed by atoms with Crippen LogP contribution < -0.4 is 4.72 Å². The van der Waals surface area contributed by atoms with Crippen molar-refractivity contribution in [2.24, 2.45) is 7.05 Å². The third kappa shape index (κ3) is 3.09. The molecule has 1 aromatic carbocycles. The molecule has 0 bridgehead atoms. The molecule has 0 radical (unpaired) electrons. The predicted octanol–water partition coefficient (Wildman–Crippen LogP) is 1.93. The van der Waals surface area contributed by atoms with Gasteiger partial charge in [0.25, 0.3) is 5.91 Å². The van der Waals surface area contributed by atoms with E-state index in [1.165, 1.54) is 0 Å².